The van der Waals surface area contributed by atoms with Gasteiger partial charge in [0.2, 0.25) is 0 Å². The monoisotopic (exact) mass is 594 g/mol. The van der Waals surface area contributed by atoms with Gasteiger partial charge in [-0.3, -0.25) is 14.4 Å². The van der Waals surface area contributed by atoms with Crippen LogP contribution in [0, 0.1) is 35.0 Å². The Kier molecular flexibility index (Phi) is 9.21. The van der Waals surface area contributed by atoms with Crippen molar-refractivity contribution < 1.29 is 52.7 Å². The standard InChI is InChI=1S/C31H46O11/c1-15(32)38-25-26(39-16(2)33)28(40-17(3)34)30(42-27(25)29(36)37-5)41-19-7-9-20-18(14-19)6-8-22-21(20)12-13-31(4)23(22)10-11-24(31)35/h18-28,30,35H,6-14H2,1-5H3/t18-,19-,20-,21+,22+,23-,24+,25-,26-,27-,28+,30+,31-/m0/s1. The summed E-state index contributed by atoms with van der Waals surface area (Å²) in [7, 11) is 1.17. The molecule has 4 saturated carbocycles. The summed E-state index contributed by atoms with van der Waals surface area (Å²) in [5, 5.41) is 10.7. The number of aliphatic hydroxyl groups is 1. The molecule has 1 heterocycles. The third-order valence-electron chi connectivity index (χ3n) is 11.0. The van der Waals surface area contributed by atoms with Gasteiger partial charge < -0.3 is 33.5 Å². The molecule has 1 aliphatic heterocycles. The summed E-state index contributed by atoms with van der Waals surface area (Å²) >= 11 is 0. The van der Waals surface area contributed by atoms with E-state index in [4.69, 9.17) is 28.4 Å². The average Bonchev–Trinajstić information content (AvgIpc) is 3.24. The molecular formula is C31H46O11. The van der Waals surface area contributed by atoms with Crippen molar-refractivity contribution in [3.63, 3.8) is 0 Å². The van der Waals surface area contributed by atoms with E-state index in [9.17, 15) is 24.3 Å². The predicted molar refractivity (Wildman–Crippen MR) is 145 cm³/mol. The first kappa shape index (κ1) is 31.2. The Morgan fingerprint density at radius 2 is 1.40 bits per heavy atom. The molecule has 1 saturated heterocycles. The molecule has 0 aromatic heterocycles. The van der Waals surface area contributed by atoms with Crippen molar-refractivity contribution in [1.29, 1.82) is 0 Å². The van der Waals surface area contributed by atoms with E-state index in [-0.39, 0.29) is 17.6 Å². The fraction of sp³-hybridized carbons (Fsp3) is 0.871. The Hall–Kier alpha value is -2.24. The highest BCUT2D eigenvalue weighted by Gasteiger charge is 2.58. The summed E-state index contributed by atoms with van der Waals surface area (Å²) in [5.74, 6) is 0.0482. The number of rotatable bonds is 6. The molecule has 1 N–H and O–H groups in total. The van der Waals surface area contributed by atoms with E-state index in [1.165, 1.54) is 21.0 Å². The number of ether oxygens (including phenoxy) is 6. The third kappa shape index (κ3) is 5.93. The highest BCUT2D eigenvalue weighted by atomic mass is 16.7. The lowest BCUT2D eigenvalue weighted by Gasteiger charge is -2.56. The smallest absolute Gasteiger partial charge is 0.339 e. The van der Waals surface area contributed by atoms with Crippen LogP contribution < -0.4 is 0 Å². The van der Waals surface area contributed by atoms with Crippen molar-refractivity contribution in [2.45, 2.75) is 128 Å². The minimum atomic E-state index is -1.45. The quantitative estimate of drug-likeness (QED) is 0.275. The number of carbonyl (C=O) groups excluding carboxylic acids is 4. The average molecular weight is 595 g/mol. The van der Waals surface area contributed by atoms with Gasteiger partial charge in [-0.15, -0.1) is 0 Å². The van der Waals surface area contributed by atoms with Crippen molar-refractivity contribution in [2.75, 3.05) is 7.11 Å². The van der Waals surface area contributed by atoms with E-state index in [1.54, 1.807) is 0 Å². The predicted octanol–water partition coefficient (Wildman–Crippen LogP) is 3.08. The molecule has 4 aliphatic carbocycles. The molecule has 11 heteroatoms. The van der Waals surface area contributed by atoms with Gasteiger partial charge in [-0.1, -0.05) is 6.92 Å². The van der Waals surface area contributed by atoms with Crippen LogP contribution in [0.25, 0.3) is 0 Å². The molecule has 0 unspecified atom stereocenters. The number of carbonyl (C=O) groups is 4. The molecule has 42 heavy (non-hydrogen) atoms. The second kappa shape index (κ2) is 12.4. The van der Waals surface area contributed by atoms with Gasteiger partial charge in [0.1, 0.15) is 0 Å². The molecule has 0 radical (unpaired) electrons. The zero-order valence-electron chi connectivity index (χ0n) is 25.3. The van der Waals surface area contributed by atoms with Crippen LogP contribution >= 0.6 is 0 Å². The number of hydrogen-bond acceptors (Lipinski definition) is 11. The van der Waals surface area contributed by atoms with Crippen molar-refractivity contribution in [3.8, 4) is 0 Å². The van der Waals surface area contributed by atoms with Gasteiger partial charge in [0, 0.05) is 20.8 Å². The van der Waals surface area contributed by atoms with Gasteiger partial charge >= 0.3 is 23.9 Å². The lowest BCUT2D eigenvalue weighted by Crippen LogP contribution is -2.64. The van der Waals surface area contributed by atoms with Crippen LogP contribution in [-0.2, 0) is 47.6 Å². The van der Waals surface area contributed by atoms with Gasteiger partial charge in [-0.2, -0.15) is 0 Å². The van der Waals surface area contributed by atoms with E-state index >= 15 is 0 Å². The summed E-state index contributed by atoms with van der Waals surface area (Å²) in [6.45, 7) is 5.82. The van der Waals surface area contributed by atoms with Gasteiger partial charge in [0.15, 0.2) is 30.7 Å². The van der Waals surface area contributed by atoms with Crippen LogP contribution in [0.4, 0.5) is 0 Å². The Labute approximate surface area is 247 Å². The van der Waals surface area contributed by atoms with Crippen molar-refractivity contribution in [3.05, 3.63) is 0 Å². The van der Waals surface area contributed by atoms with Gasteiger partial charge in [0.05, 0.1) is 19.3 Å². The van der Waals surface area contributed by atoms with Crippen molar-refractivity contribution in [2.24, 2.45) is 35.0 Å². The molecule has 0 amide bonds. The van der Waals surface area contributed by atoms with E-state index in [2.05, 4.69) is 6.92 Å². The fourth-order valence-electron chi connectivity index (χ4n) is 9.29. The number of aliphatic hydroxyl groups excluding tert-OH is 1. The van der Waals surface area contributed by atoms with Crippen molar-refractivity contribution in [1.82, 2.24) is 0 Å². The first-order chi connectivity index (χ1) is 19.9. The summed E-state index contributed by atoms with van der Waals surface area (Å²) in [4.78, 5) is 48.9. The molecule has 5 fully saturated rings. The topological polar surface area (TPSA) is 144 Å². The molecule has 0 spiro atoms. The lowest BCUT2D eigenvalue weighted by molar-refractivity contribution is -0.313. The van der Waals surface area contributed by atoms with Gasteiger partial charge in [0.25, 0.3) is 0 Å². The SMILES string of the molecule is COC(=O)[C@H]1O[C@@H](O[C@H]2CC[C@H]3[C@@H](CC[C@@H]4[C@@H]3CC[C@]3(C)[C@H](O)CC[C@@H]43)C2)[C@H](OC(C)=O)[C@@H](OC(C)=O)[C@@H]1OC(C)=O. The van der Waals surface area contributed by atoms with Crippen LogP contribution in [0.3, 0.4) is 0 Å². The summed E-state index contributed by atoms with van der Waals surface area (Å²) < 4.78 is 33.7. The molecule has 5 aliphatic rings. The lowest BCUT2D eigenvalue weighted by atomic mass is 9.50. The normalized spacial score (nSPS) is 44.5. The van der Waals surface area contributed by atoms with Crippen LogP contribution in [-0.4, -0.2) is 79.0 Å². The van der Waals surface area contributed by atoms with Gasteiger partial charge in [-0.05, 0) is 92.8 Å². The molecule has 11 nitrogen and oxygen atoms in total. The van der Waals surface area contributed by atoms with Crippen LogP contribution in [0.5, 0.6) is 0 Å². The first-order valence-electron chi connectivity index (χ1n) is 15.5. The summed E-state index contributed by atoms with van der Waals surface area (Å²) in [6, 6.07) is 0. The molecular weight excluding hydrogens is 548 g/mol. The maximum Gasteiger partial charge on any atom is 0.339 e. The number of hydrogen-bond donors (Lipinski definition) is 1. The largest absolute Gasteiger partial charge is 0.467 e. The van der Waals surface area contributed by atoms with E-state index in [0.717, 1.165) is 64.7 Å². The van der Waals surface area contributed by atoms with Gasteiger partial charge in [-0.25, -0.2) is 4.79 Å². The number of esters is 4. The molecule has 0 bridgehead atoms. The Bertz CT molecular complexity index is 1050. The van der Waals surface area contributed by atoms with Crippen LogP contribution in [0.1, 0.15) is 85.5 Å². The first-order valence-corrected chi connectivity index (χ1v) is 15.5. The molecule has 13 atom stereocenters. The second-order valence-electron chi connectivity index (χ2n) is 13.3. The second-order valence-corrected chi connectivity index (χ2v) is 13.3. The maximum atomic E-state index is 12.7. The van der Waals surface area contributed by atoms with Crippen LogP contribution in [0.2, 0.25) is 0 Å². The Morgan fingerprint density at radius 1 is 0.762 bits per heavy atom. The zero-order chi connectivity index (χ0) is 30.3. The van der Waals surface area contributed by atoms with E-state index in [0.29, 0.717) is 29.6 Å². The molecule has 236 valence electrons. The number of methoxy groups -OCH3 is 1. The third-order valence-corrected chi connectivity index (χ3v) is 11.0. The minimum absolute atomic E-state index is 0.0526. The molecule has 0 aromatic rings. The maximum absolute atomic E-state index is 12.7. The van der Waals surface area contributed by atoms with Crippen molar-refractivity contribution >= 4 is 23.9 Å². The van der Waals surface area contributed by atoms with E-state index in [1.807, 2.05) is 0 Å². The Balaban J connectivity index is 1.32. The highest BCUT2D eigenvalue weighted by molar-refractivity contribution is 5.77. The number of fused-ring (bicyclic) bond motifs is 5. The minimum Gasteiger partial charge on any atom is -0.467 e. The zero-order valence-corrected chi connectivity index (χ0v) is 25.3. The molecule has 0 aromatic carbocycles. The highest BCUT2D eigenvalue weighted by Crippen LogP contribution is 2.62. The van der Waals surface area contributed by atoms with E-state index < -0.39 is 54.6 Å². The summed E-state index contributed by atoms with van der Waals surface area (Å²) in [5.41, 5.74) is 0.0526. The van der Waals surface area contributed by atoms with Crippen LogP contribution in [0.15, 0.2) is 0 Å². The fourth-order valence-corrected chi connectivity index (χ4v) is 9.29. The Morgan fingerprint density at radius 3 is 2.07 bits per heavy atom. The summed E-state index contributed by atoms with van der Waals surface area (Å²) in [6.07, 6.45) is 1.98. The molecule has 5 rings (SSSR count).